The number of nitrogens with one attached hydrogen (secondary N) is 1. The number of rotatable bonds is 6. The van der Waals surface area contributed by atoms with E-state index in [1.807, 2.05) is 5.92 Å². The molecule has 27 heavy (non-hydrogen) atoms. The number of terminal acetylenes is 1. The zero-order valence-electron chi connectivity index (χ0n) is 14.9. The quantitative estimate of drug-likeness (QED) is 0.797. The zero-order chi connectivity index (χ0) is 19.2. The Balaban J connectivity index is 1.97. The number of hydrogen-bond acceptors (Lipinski definition) is 3. The van der Waals surface area contributed by atoms with Crippen molar-refractivity contribution in [2.75, 3.05) is 0 Å². The molecule has 5 nitrogen and oxygen atoms in total. The minimum Gasteiger partial charge on any atom is -0.467 e. The molecule has 1 N–H and O–H groups in total. The molecular formula is C21H21FN2O3. The van der Waals surface area contributed by atoms with Crippen LogP contribution in [0.25, 0.3) is 0 Å². The summed E-state index contributed by atoms with van der Waals surface area (Å²) in [5, 5.41) is 2.95. The maximum Gasteiger partial charge on any atom is 0.299 e. The summed E-state index contributed by atoms with van der Waals surface area (Å²) in [6.45, 7) is -0.0346. The molecule has 0 bridgehead atoms. The van der Waals surface area contributed by atoms with E-state index in [9.17, 15) is 14.0 Å². The summed E-state index contributed by atoms with van der Waals surface area (Å²) in [5.41, 5.74) is 0.100. The van der Waals surface area contributed by atoms with Gasteiger partial charge in [0.15, 0.2) is 0 Å². The van der Waals surface area contributed by atoms with Gasteiger partial charge >= 0.3 is 0 Å². The Morgan fingerprint density at radius 1 is 1.26 bits per heavy atom. The van der Waals surface area contributed by atoms with Gasteiger partial charge in [-0.2, -0.15) is 0 Å². The first-order chi connectivity index (χ1) is 13.1. The molecule has 0 radical (unpaired) electrons. The van der Waals surface area contributed by atoms with E-state index in [-0.39, 0.29) is 18.2 Å². The molecule has 1 aromatic heterocycles. The number of benzene rings is 1. The van der Waals surface area contributed by atoms with Crippen LogP contribution in [0.1, 0.15) is 43.0 Å². The average molecular weight is 368 g/mol. The Morgan fingerprint density at radius 3 is 2.63 bits per heavy atom. The summed E-state index contributed by atoms with van der Waals surface area (Å²) in [5.74, 6) is 0.770. The van der Waals surface area contributed by atoms with E-state index in [0.29, 0.717) is 5.76 Å². The van der Waals surface area contributed by atoms with Gasteiger partial charge < -0.3 is 14.6 Å². The fourth-order valence-electron chi connectivity index (χ4n) is 3.43. The number of amides is 2. The topological polar surface area (TPSA) is 62.6 Å². The van der Waals surface area contributed by atoms with Crippen molar-refractivity contribution in [3.8, 4) is 12.3 Å². The molecule has 1 saturated carbocycles. The molecular weight excluding hydrogens is 347 g/mol. The maximum absolute atomic E-state index is 14.5. The van der Waals surface area contributed by atoms with Crippen LogP contribution in [0.3, 0.4) is 0 Å². The van der Waals surface area contributed by atoms with Crippen LogP contribution in [-0.2, 0) is 16.1 Å². The van der Waals surface area contributed by atoms with Crippen LogP contribution in [0.4, 0.5) is 4.39 Å². The first kappa shape index (κ1) is 18.7. The van der Waals surface area contributed by atoms with Gasteiger partial charge in [0.05, 0.1) is 12.8 Å². The van der Waals surface area contributed by atoms with Crippen molar-refractivity contribution in [2.45, 2.75) is 44.3 Å². The van der Waals surface area contributed by atoms with Crippen LogP contribution < -0.4 is 5.32 Å². The summed E-state index contributed by atoms with van der Waals surface area (Å²) in [6.07, 6.45) is 10.6. The van der Waals surface area contributed by atoms with Gasteiger partial charge in [-0.1, -0.05) is 31.0 Å². The normalized spacial score (nSPS) is 15.1. The van der Waals surface area contributed by atoms with Crippen molar-refractivity contribution < 1.29 is 18.4 Å². The third-order valence-corrected chi connectivity index (χ3v) is 4.75. The first-order valence-electron chi connectivity index (χ1n) is 8.94. The van der Waals surface area contributed by atoms with Crippen molar-refractivity contribution in [3.63, 3.8) is 0 Å². The molecule has 0 spiro atoms. The molecule has 3 rings (SSSR count). The molecule has 0 aliphatic heterocycles. The third-order valence-electron chi connectivity index (χ3n) is 4.75. The van der Waals surface area contributed by atoms with Crippen LogP contribution in [0.2, 0.25) is 0 Å². The van der Waals surface area contributed by atoms with Gasteiger partial charge in [0.2, 0.25) is 5.91 Å². The smallest absolute Gasteiger partial charge is 0.299 e. The van der Waals surface area contributed by atoms with Gasteiger partial charge in [-0.05, 0) is 37.0 Å². The molecule has 1 aliphatic rings. The van der Waals surface area contributed by atoms with Crippen LogP contribution in [0.15, 0.2) is 47.1 Å². The van der Waals surface area contributed by atoms with Crippen LogP contribution in [-0.4, -0.2) is 22.8 Å². The molecule has 0 saturated heterocycles. The van der Waals surface area contributed by atoms with E-state index < -0.39 is 23.7 Å². The highest BCUT2D eigenvalue weighted by Gasteiger charge is 2.34. The standard InChI is InChI=1S/C21H21FN2O3/c1-2-19(25)24(14-16-10-7-13-27-16)20(17-11-5-6-12-18(17)22)21(26)23-15-8-3-4-9-15/h1,5-7,10-13,15,20H,3-4,8-9,14H2,(H,23,26)/t20-/m0/s1. The second-order valence-electron chi connectivity index (χ2n) is 6.57. The molecule has 1 heterocycles. The van der Waals surface area contributed by atoms with Crippen LogP contribution in [0.5, 0.6) is 0 Å². The number of carbonyl (C=O) groups is 2. The fourth-order valence-corrected chi connectivity index (χ4v) is 3.43. The SMILES string of the molecule is C#CC(=O)N(Cc1ccco1)[C@H](C(=O)NC1CCCC1)c1ccccc1F. The minimum absolute atomic E-state index is 0.0261. The second kappa shape index (κ2) is 8.54. The number of nitrogens with zero attached hydrogens (tertiary/aromatic N) is 1. The van der Waals surface area contributed by atoms with Crippen molar-refractivity contribution in [3.05, 3.63) is 59.8 Å². The number of hydrogen-bond donors (Lipinski definition) is 1. The van der Waals surface area contributed by atoms with E-state index in [0.717, 1.165) is 25.7 Å². The van der Waals surface area contributed by atoms with E-state index in [1.54, 1.807) is 18.2 Å². The predicted octanol–water partition coefficient (Wildman–Crippen LogP) is 3.18. The zero-order valence-corrected chi connectivity index (χ0v) is 14.9. The van der Waals surface area contributed by atoms with Crippen molar-refractivity contribution in [1.29, 1.82) is 0 Å². The Bertz CT molecular complexity index is 835. The molecule has 1 aromatic carbocycles. The van der Waals surface area contributed by atoms with Crippen molar-refractivity contribution >= 4 is 11.8 Å². The molecule has 2 aromatic rings. The summed E-state index contributed by atoms with van der Waals surface area (Å²) in [4.78, 5) is 26.7. The third kappa shape index (κ3) is 4.37. The van der Waals surface area contributed by atoms with Gasteiger partial charge in [-0.15, -0.1) is 6.42 Å². The highest BCUT2D eigenvalue weighted by molar-refractivity contribution is 5.97. The molecule has 1 fully saturated rings. The highest BCUT2D eigenvalue weighted by atomic mass is 19.1. The highest BCUT2D eigenvalue weighted by Crippen LogP contribution is 2.27. The first-order valence-corrected chi connectivity index (χ1v) is 8.94. The Hall–Kier alpha value is -3.07. The van der Waals surface area contributed by atoms with Crippen LogP contribution >= 0.6 is 0 Å². The second-order valence-corrected chi connectivity index (χ2v) is 6.57. The fraction of sp³-hybridized carbons (Fsp3) is 0.333. The van der Waals surface area contributed by atoms with Crippen LogP contribution in [0, 0.1) is 18.2 Å². The summed E-state index contributed by atoms with van der Waals surface area (Å²) in [7, 11) is 0. The molecule has 6 heteroatoms. The van der Waals surface area contributed by atoms with Gasteiger partial charge in [-0.25, -0.2) is 4.39 Å². The average Bonchev–Trinajstić information content (AvgIpc) is 3.36. The Morgan fingerprint density at radius 2 is 2.00 bits per heavy atom. The lowest BCUT2D eigenvalue weighted by Gasteiger charge is -2.30. The lowest BCUT2D eigenvalue weighted by molar-refractivity contribution is -0.138. The summed E-state index contributed by atoms with van der Waals surface area (Å²) in [6, 6.07) is 8.10. The van der Waals surface area contributed by atoms with Gasteiger partial charge in [-0.3, -0.25) is 9.59 Å². The summed E-state index contributed by atoms with van der Waals surface area (Å²) >= 11 is 0. The van der Waals surface area contributed by atoms with Gasteiger partial charge in [0, 0.05) is 11.6 Å². The van der Waals surface area contributed by atoms with E-state index >= 15 is 0 Å². The Kier molecular flexibility index (Phi) is 5.92. The largest absolute Gasteiger partial charge is 0.467 e. The maximum atomic E-state index is 14.5. The van der Waals surface area contributed by atoms with E-state index in [4.69, 9.17) is 10.8 Å². The molecule has 2 amide bonds. The minimum atomic E-state index is -1.18. The van der Waals surface area contributed by atoms with Crippen molar-refractivity contribution in [1.82, 2.24) is 10.2 Å². The van der Waals surface area contributed by atoms with Gasteiger partial charge in [0.1, 0.15) is 17.6 Å². The molecule has 1 aliphatic carbocycles. The van der Waals surface area contributed by atoms with E-state index in [2.05, 4.69) is 5.32 Å². The predicted molar refractivity (Wildman–Crippen MR) is 97.6 cm³/mol. The number of carbonyl (C=O) groups excluding carboxylic acids is 2. The monoisotopic (exact) mass is 368 g/mol. The molecule has 0 unspecified atom stereocenters. The van der Waals surface area contributed by atoms with E-state index in [1.165, 1.54) is 29.4 Å². The lowest BCUT2D eigenvalue weighted by atomic mass is 10.0. The lowest BCUT2D eigenvalue weighted by Crippen LogP contribution is -2.45. The van der Waals surface area contributed by atoms with Crippen molar-refractivity contribution in [2.24, 2.45) is 0 Å². The summed E-state index contributed by atoms with van der Waals surface area (Å²) < 4.78 is 19.8. The number of halogens is 1. The Labute approximate surface area is 157 Å². The van der Waals surface area contributed by atoms with Gasteiger partial charge in [0.25, 0.3) is 5.91 Å². The molecule has 140 valence electrons. The molecule has 1 atom stereocenters. The number of furan rings is 1.